The Labute approximate surface area is 170 Å². The van der Waals surface area contributed by atoms with Gasteiger partial charge in [0.15, 0.2) is 5.82 Å². The average Bonchev–Trinajstić information content (AvgIpc) is 2.80. The molecule has 2 saturated heterocycles. The van der Waals surface area contributed by atoms with E-state index in [1.54, 1.807) is 13.3 Å². The molecule has 0 radical (unpaired) electrons. The predicted octanol–water partition coefficient (Wildman–Crippen LogP) is 1.60. The molecule has 4 rings (SSSR count). The van der Waals surface area contributed by atoms with Crippen LogP contribution < -0.4 is 20.0 Å². The van der Waals surface area contributed by atoms with Gasteiger partial charge in [0.25, 0.3) is 0 Å². The van der Waals surface area contributed by atoms with Crippen molar-refractivity contribution in [2.24, 2.45) is 5.10 Å². The first-order chi connectivity index (χ1) is 14.3. The topological polar surface area (TPSA) is 84.3 Å². The molecule has 2 aromatic rings. The third-order valence-electron chi connectivity index (χ3n) is 4.84. The van der Waals surface area contributed by atoms with Crippen LogP contribution in [0, 0.1) is 0 Å². The first kappa shape index (κ1) is 19.4. The van der Waals surface area contributed by atoms with Gasteiger partial charge in [-0.15, -0.1) is 0 Å². The average molecular weight is 398 g/mol. The number of hydrogen-bond acceptors (Lipinski definition) is 9. The summed E-state index contributed by atoms with van der Waals surface area (Å²) in [5.41, 5.74) is 4.02. The van der Waals surface area contributed by atoms with Crippen LogP contribution in [0.4, 0.5) is 17.6 Å². The molecule has 3 heterocycles. The third-order valence-corrected chi connectivity index (χ3v) is 4.84. The molecular formula is C20H26N6O3. The van der Waals surface area contributed by atoms with E-state index >= 15 is 0 Å². The van der Waals surface area contributed by atoms with Crippen LogP contribution in [0.5, 0.6) is 5.75 Å². The van der Waals surface area contributed by atoms with Gasteiger partial charge in [-0.1, -0.05) is 0 Å². The van der Waals surface area contributed by atoms with Gasteiger partial charge < -0.3 is 24.0 Å². The molecule has 0 amide bonds. The van der Waals surface area contributed by atoms with Gasteiger partial charge in [0.1, 0.15) is 11.6 Å². The van der Waals surface area contributed by atoms with Crippen molar-refractivity contribution in [2.75, 3.05) is 74.9 Å². The Kier molecular flexibility index (Phi) is 6.38. The standard InChI is InChI=1S/C20H26N6O3/c1-27-17-4-2-16(3-5-17)15-21-24-18-14-19(25-6-10-28-11-7-25)23-20(22-18)26-8-12-29-13-9-26/h2-5,14-15H,6-13H2,1H3,(H,22,23,24)/b21-15+. The van der Waals surface area contributed by atoms with E-state index in [1.165, 1.54) is 0 Å². The molecule has 0 bridgehead atoms. The highest BCUT2D eigenvalue weighted by Gasteiger charge is 2.19. The minimum Gasteiger partial charge on any atom is -0.497 e. The summed E-state index contributed by atoms with van der Waals surface area (Å²) in [7, 11) is 1.65. The van der Waals surface area contributed by atoms with Crippen molar-refractivity contribution in [3.63, 3.8) is 0 Å². The van der Waals surface area contributed by atoms with Gasteiger partial charge in [-0.2, -0.15) is 15.1 Å². The van der Waals surface area contributed by atoms with E-state index < -0.39 is 0 Å². The lowest BCUT2D eigenvalue weighted by atomic mass is 10.2. The lowest BCUT2D eigenvalue weighted by Gasteiger charge is -2.31. The van der Waals surface area contributed by atoms with Gasteiger partial charge in [-0.05, 0) is 29.8 Å². The quantitative estimate of drug-likeness (QED) is 0.580. The number of hydrogen-bond donors (Lipinski definition) is 1. The van der Waals surface area contributed by atoms with Crippen LogP contribution in [0.1, 0.15) is 5.56 Å². The molecule has 9 heteroatoms. The van der Waals surface area contributed by atoms with Crippen molar-refractivity contribution in [2.45, 2.75) is 0 Å². The molecule has 29 heavy (non-hydrogen) atoms. The Hall–Kier alpha value is -2.91. The first-order valence-corrected chi connectivity index (χ1v) is 9.79. The van der Waals surface area contributed by atoms with Gasteiger partial charge in [0.2, 0.25) is 5.95 Å². The molecule has 0 saturated carbocycles. The van der Waals surface area contributed by atoms with E-state index in [9.17, 15) is 0 Å². The summed E-state index contributed by atoms with van der Waals surface area (Å²) < 4.78 is 16.1. The second kappa shape index (κ2) is 9.53. The van der Waals surface area contributed by atoms with Crippen molar-refractivity contribution < 1.29 is 14.2 Å². The van der Waals surface area contributed by atoms with E-state index in [0.717, 1.165) is 43.3 Å². The van der Waals surface area contributed by atoms with Crippen molar-refractivity contribution in [3.8, 4) is 5.75 Å². The minimum absolute atomic E-state index is 0.660. The monoisotopic (exact) mass is 398 g/mol. The number of methoxy groups -OCH3 is 1. The van der Waals surface area contributed by atoms with Gasteiger partial charge in [0, 0.05) is 32.2 Å². The zero-order valence-electron chi connectivity index (χ0n) is 16.6. The Morgan fingerprint density at radius 3 is 2.28 bits per heavy atom. The molecule has 1 N–H and O–H groups in total. The van der Waals surface area contributed by atoms with Gasteiger partial charge in [-0.25, -0.2) is 0 Å². The number of nitrogens with zero attached hydrogens (tertiary/aromatic N) is 5. The summed E-state index contributed by atoms with van der Waals surface area (Å²) in [6.45, 7) is 5.96. The van der Waals surface area contributed by atoms with Crippen molar-refractivity contribution in [1.82, 2.24) is 9.97 Å². The van der Waals surface area contributed by atoms with Crippen molar-refractivity contribution in [3.05, 3.63) is 35.9 Å². The van der Waals surface area contributed by atoms with Crippen molar-refractivity contribution in [1.29, 1.82) is 0 Å². The van der Waals surface area contributed by atoms with Crippen LogP contribution >= 0.6 is 0 Å². The zero-order valence-corrected chi connectivity index (χ0v) is 16.6. The fourth-order valence-electron chi connectivity index (χ4n) is 3.20. The molecule has 0 spiro atoms. The largest absolute Gasteiger partial charge is 0.497 e. The van der Waals surface area contributed by atoms with E-state index in [4.69, 9.17) is 19.2 Å². The number of aromatic nitrogens is 2. The normalized spacial score (nSPS) is 17.6. The minimum atomic E-state index is 0.660. The first-order valence-electron chi connectivity index (χ1n) is 9.79. The van der Waals surface area contributed by atoms with E-state index in [-0.39, 0.29) is 0 Å². The summed E-state index contributed by atoms with van der Waals surface area (Å²) >= 11 is 0. The molecule has 0 atom stereocenters. The fraction of sp³-hybridized carbons (Fsp3) is 0.450. The van der Waals surface area contributed by atoms with E-state index in [1.807, 2.05) is 30.3 Å². The van der Waals surface area contributed by atoms with E-state index in [0.29, 0.717) is 38.2 Å². The maximum absolute atomic E-state index is 5.47. The second-order valence-corrected chi connectivity index (χ2v) is 6.75. The number of hydrazone groups is 1. The second-order valence-electron chi connectivity index (χ2n) is 6.75. The molecule has 0 aliphatic carbocycles. The van der Waals surface area contributed by atoms with Crippen LogP contribution in [0.2, 0.25) is 0 Å². The highest BCUT2D eigenvalue weighted by Crippen LogP contribution is 2.22. The zero-order chi connectivity index (χ0) is 19.9. The van der Waals surface area contributed by atoms with Gasteiger partial charge in [0.05, 0.1) is 39.8 Å². The Morgan fingerprint density at radius 2 is 1.62 bits per heavy atom. The number of nitrogens with one attached hydrogen (secondary N) is 1. The summed E-state index contributed by atoms with van der Waals surface area (Å²) in [4.78, 5) is 13.8. The summed E-state index contributed by atoms with van der Waals surface area (Å²) in [6.07, 6.45) is 1.75. The maximum atomic E-state index is 5.47. The number of rotatable bonds is 6. The van der Waals surface area contributed by atoms with Gasteiger partial charge in [-0.3, -0.25) is 5.43 Å². The van der Waals surface area contributed by atoms with Crippen LogP contribution in [0.15, 0.2) is 35.4 Å². The summed E-state index contributed by atoms with van der Waals surface area (Å²) in [5, 5.41) is 4.35. The van der Waals surface area contributed by atoms with Crippen LogP contribution in [0.3, 0.4) is 0 Å². The van der Waals surface area contributed by atoms with Crippen LogP contribution in [0.25, 0.3) is 0 Å². The SMILES string of the molecule is COc1ccc(/C=N/Nc2cc(N3CCOCC3)nc(N3CCOCC3)n2)cc1. The lowest BCUT2D eigenvalue weighted by molar-refractivity contribution is 0.121. The van der Waals surface area contributed by atoms with Crippen LogP contribution in [-0.2, 0) is 9.47 Å². The number of ether oxygens (including phenoxy) is 3. The molecule has 2 aliphatic rings. The van der Waals surface area contributed by atoms with Gasteiger partial charge >= 0.3 is 0 Å². The lowest BCUT2D eigenvalue weighted by Crippen LogP contribution is -2.39. The molecule has 0 unspecified atom stereocenters. The molecule has 2 fully saturated rings. The molecule has 154 valence electrons. The number of benzene rings is 1. The summed E-state index contributed by atoms with van der Waals surface area (Å²) in [5.74, 6) is 3.05. The Morgan fingerprint density at radius 1 is 0.966 bits per heavy atom. The number of morpholine rings is 2. The smallest absolute Gasteiger partial charge is 0.229 e. The van der Waals surface area contributed by atoms with E-state index in [2.05, 4.69) is 25.3 Å². The molecule has 9 nitrogen and oxygen atoms in total. The molecular weight excluding hydrogens is 372 g/mol. The highest BCUT2D eigenvalue weighted by molar-refractivity contribution is 5.80. The molecule has 1 aromatic heterocycles. The number of anilines is 3. The molecule has 2 aliphatic heterocycles. The van der Waals surface area contributed by atoms with Crippen molar-refractivity contribution >= 4 is 23.8 Å². The Bertz CT molecular complexity index is 781. The molecule has 1 aromatic carbocycles. The maximum Gasteiger partial charge on any atom is 0.229 e. The fourth-order valence-corrected chi connectivity index (χ4v) is 3.20. The summed E-state index contributed by atoms with van der Waals surface area (Å²) in [6, 6.07) is 9.63. The third kappa shape index (κ3) is 5.12. The van der Waals surface area contributed by atoms with Crippen LogP contribution in [-0.4, -0.2) is 75.9 Å². The highest BCUT2D eigenvalue weighted by atomic mass is 16.5. The Balaban J connectivity index is 1.52. The predicted molar refractivity (Wildman–Crippen MR) is 112 cm³/mol.